The summed E-state index contributed by atoms with van der Waals surface area (Å²) in [7, 11) is 0. The SMILES string of the molecule is CCOC(=O)c1cnn(-c2ccc(I)cc2[N+](=O)[O-])c1. The maximum atomic E-state index is 11.6. The second-order valence-corrected chi connectivity index (χ2v) is 5.03. The predicted molar refractivity (Wildman–Crippen MR) is 78.9 cm³/mol. The van der Waals surface area contributed by atoms with E-state index in [-0.39, 0.29) is 17.9 Å². The molecule has 0 spiro atoms. The number of halogens is 1. The summed E-state index contributed by atoms with van der Waals surface area (Å²) in [5, 5.41) is 15.0. The van der Waals surface area contributed by atoms with Gasteiger partial charge in [-0.25, -0.2) is 9.48 Å². The number of esters is 1. The van der Waals surface area contributed by atoms with Gasteiger partial charge in [0.15, 0.2) is 0 Å². The average molecular weight is 387 g/mol. The van der Waals surface area contributed by atoms with Crippen LogP contribution in [0.15, 0.2) is 30.6 Å². The molecular weight excluding hydrogens is 377 g/mol. The third-order valence-electron chi connectivity index (χ3n) is 2.47. The topological polar surface area (TPSA) is 87.3 Å². The fraction of sp³-hybridized carbons (Fsp3) is 0.167. The van der Waals surface area contributed by atoms with Crippen molar-refractivity contribution in [3.05, 3.63) is 49.8 Å². The molecule has 8 heteroatoms. The van der Waals surface area contributed by atoms with E-state index in [2.05, 4.69) is 5.10 Å². The van der Waals surface area contributed by atoms with Crippen LogP contribution in [0, 0.1) is 13.7 Å². The predicted octanol–water partition coefficient (Wildman–Crippen LogP) is 2.56. The van der Waals surface area contributed by atoms with Crippen LogP contribution in [0.1, 0.15) is 17.3 Å². The van der Waals surface area contributed by atoms with Gasteiger partial charge in [0.2, 0.25) is 0 Å². The number of aromatic nitrogens is 2. The Bertz CT molecular complexity index is 668. The molecule has 20 heavy (non-hydrogen) atoms. The zero-order chi connectivity index (χ0) is 14.7. The zero-order valence-electron chi connectivity index (χ0n) is 10.4. The Balaban J connectivity index is 2.42. The summed E-state index contributed by atoms with van der Waals surface area (Å²) in [6.45, 7) is 1.96. The third-order valence-corrected chi connectivity index (χ3v) is 3.15. The van der Waals surface area contributed by atoms with Gasteiger partial charge in [-0.2, -0.15) is 5.10 Å². The van der Waals surface area contributed by atoms with E-state index >= 15 is 0 Å². The van der Waals surface area contributed by atoms with E-state index in [0.717, 1.165) is 3.57 Å². The summed E-state index contributed by atoms with van der Waals surface area (Å²) in [6.07, 6.45) is 2.73. The molecule has 104 valence electrons. The van der Waals surface area contributed by atoms with Gasteiger partial charge in [0.1, 0.15) is 5.69 Å². The first-order chi connectivity index (χ1) is 9.52. The van der Waals surface area contributed by atoms with E-state index in [4.69, 9.17) is 4.74 Å². The second-order valence-electron chi connectivity index (χ2n) is 3.78. The number of carbonyl (C=O) groups excluding carboxylic acids is 1. The van der Waals surface area contributed by atoms with Crippen LogP contribution < -0.4 is 0 Å². The molecule has 0 aliphatic carbocycles. The van der Waals surface area contributed by atoms with E-state index in [9.17, 15) is 14.9 Å². The molecule has 0 saturated heterocycles. The van der Waals surface area contributed by atoms with Crippen molar-refractivity contribution in [2.75, 3.05) is 6.61 Å². The maximum Gasteiger partial charge on any atom is 0.341 e. The molecule has 0 amide bonds. The highest BCUT2D eigenvalue weighted by Gasteiger charge is 2.18. The Morgan fingerprint density at radius 2 is 2.30 bits per heavy atom. The minimum Gasteiger partial charge on any atom is -0.462 e. The van der Waals surface area contributed by atoms with Crippen LogP contribution in [-0.4, -0.2) is 27.3 Å². The fourth-order valence-corrected chi connectivity index (χ4v) is 2.09. The highest BCUT2D eigenvalue weighted by Crippen LogP contribution is 2.24. The Labute approximate surface area is 127 Å². The first-order valence-corrected chi connectivity index (χ1v) is 6.77. The fourth-order valence-electron chi connectivity index (χ4n) is 1.61. The normalized spacial score (nSPS) is 10.3. The van der Waals surface area contributed by atoms with Crippen LogP contribution in [0.25, 0.3) is 5.69 Å². The highest BCUT2D eigenvalue weighted by atomic mass is 127. The van der Waals surface area contributed by atoms with Crippen molar-refractivity contribution in [2.45, 2.75) is 6.92 Å². The maximum absolute atomic E-state index is 11.6. The molecule has 0 aliphatic heterocycles. The zero-order valence-corrected chi connectivity index (χ0v) is 12.6. The molecule has 0 unspecified atom stereocenters. The quantitative estimate of drug-likeness (QED) is 0.348. The lowest BCUT2D eigenvalue weighted by Crippen LogP contribution is -2.04. The number of hydrogen-bond donors (Lipinski definition) is 0. The van der Waals surface area contributed by atoms with Crippen LogP contribution in [-0.2, 0) is 4.74 Å². The smallest absolute Gasteiger partial charge is 0.341 e. The molecule has 0 fully saturated rings. The largest absolute Gasteiger partial charge is 0.462 e. The number of hydrogen-bond acceptors (Lipinski definition) is 5. The van der Waals surface area contributed by atoms with Gasteiger partial charge in [-0.1, -0.05) is 0 Å². The van der Waals surface area contributed by atoms with Gasteiger partial charge in [0.05, 0.1) is 23.3 Å². The van der Waals surface area contributed by atoms with Gasteiger partial charge >= 0.3 is 5.97 Å². The number of ether oxygens (including phenoxy) is 1. The van der Waals surface area contributed by atoms with Crippen molar-refractivity contribution in [2.24, 2.45) is 0 Å². The monoisotopic (exact) mass is 387 g/mol. The second kappa shape index (κ2) is 5.99. The van der Waals surface area contributed by atoms with E-state index in [1.165, 1.54) is 23.1 Å². The van der Waals surface area contributed by atoms with Crippen molar-refractivity contribution in [1.82, 2.24) is 9.78 Å². The minimum atomic E-state index is -0.507. The Morgan fingerprint density at radius 3 is 2.95 bits per heavy atom. The Kier molecular flexibility index (Phi) is 4.32. The van der Waals surface area contributed by atoms with Crippen LogP contribution in [0.5, 0.6) is 0 Å². The van der Waals surface area contributed by atoms with Crippen LogP contribution >= 0.6 is 22.6 Å². The van der Waals surface area contributed by atoms with Gasteiger partial charge in [0, 0.05) is 15.8 Å². The molecule has 1 heterocycles. The Morgan fingerprint density at radius 1 is 1.55 bits per heavy atom. The highest BCUT2D eigenvalue weighted by molar-refractivity contribution is 14.1. The third kappa shape index (κ3) is 2.95. The van der Waals surface area contributed by atoms with Gasteiger partial charge in [-0.15, -0.1) is 0 Å². The van der Waals surface area contributed by atoms with Crippen molar-refractivity contribution < 1.29 is 14.5 Å². The van der Waals surface area contributed by atoms with Crippen molar-refractivity contribution >= 4 is 34.2 Å². The average Bonchev–Trinajstić information content (AvgIpc) is 2.88. The molecule has 0 N–H and O–H groups in total. The lowest BCUT2D eigenvalue weighted by atomic mass is 10.2. The Hall–Kier alpha value is -1.97. The van der Waals surface area contributed by atoms with Gasteiger partial charge < -0.3 is 4.74 Å². The lowest BCUT2D eigenvalue weighted by molar-refractivity contribution is -0.384. The molecule has 0 bridgehead atoms. The van der Waals surface area contributed by atoms with Crippen molar-refractivity contribution in [3.8, 4) is 5.69 Å². The molecule has 0 aliphatic rings. The van der Waals surface area contributed by atoms with E-state index in [0.29, 0.717) is 5.69 Å². The van der Waals surface area contributed by atoms with Gasteiger partial charge in [0.25, 0.3) is 5.69 Å². The van der Waals surface area contributed by atoms with E-state index < -0.39 is 10.9 Å². The number of benzene rings is 1. The summed E-state index contributed by atoms with van der Waals surface area (Å²) < 4.78 is 6.88. The van der Waals surface area contributed by atoms with Crippen LogP contribution in [0.2, 0.25) is 0 Å². The standard InChI is InChI=1S/C12H10IN3O4/c1-2-20-12(17)8-6-14-15(7-8)10-4-3-9(13)5-11(10)16(18)19/h3-7H,2H2,1H3. The molecular formula is C12H10IN3O4. The molecule has 0 atom stereocenters. The molecule has 7 nitrogen and oxygen atoms in total. The first kappa shape index (κ1) is 14.4. The molecule has 1 aromatic carbocycles. The first-order valence-electron chi connectivity index (χ1n) is 5.69. The molecule has 2 rings (SSSR count). The van der Waals surface area contributed by atoms with Gasteiger partial charge in [-0.05, 0) is 41.6 Å². The van der Waals surface area contributed by atoms with E-state index in [1.807, 2.05) is 22.6 Å². The van der Waals surface area contributed by atoms with E-state index in [1.54, 1.807) is 19.1 Å². The minimum absolute atomic E-state index is 0.0737. The molecule has 0 saturated carbocycles. The number of rotatable bonds is 4. The number of nitro benzene ring substituents is 1. The van der Waals surface area contributed by atoms with Gasteiger partial charge in [-0.3, -0.25) is 10.1 Å². The molecule has 1 aromatic heterocycles. The van der Waals surface area contributed by atoms with Crippen molar-refractivity contribution in [1.29, 1.82) is 0 Å². The molecule has 2 aromatic rings. The summed E-state index contributed by atoms with van der Waals surface area (Å²) in [4.78, 5) is 22.1. The summed E-state index contributed by atoms with van der Waals surface area (Å²) in [6, 6.07) is 4.76. The number of carbonyl (C=O) groups is 1. The summed E-state index contributed by atoms with van der Waals surface area (Å²) in [5.41, 5.74) is 0.473. The number of nitrogens with zero attached hydrogens (tertiary/aromatic N) is 3. The molecule has 0 radical (unpaired) electrons. The van der Waals surface area contributed by atoms with Crippen molar-refractivity contribution in [3.63, 3.8) is 0 Å². The lowest BCUT2D eigenvalue weighted by Gasteiger charge is -2.03. The van der Waals surface area contributed by atoms with Crippen LogP contribution in [0.3, 0.4) is 0 Å². The summed E-state index contributed by atoms with van der Waals surface area (Å²) >= 11 is 1.99. The van der Waals surface area contributed by atoms with Crippen LogP contribution in [0.4, 0.5) is 5.69 Å². The summed E-state index contributed by atoms with van der Waals surface area (Å²) in [5.74, 6) is -0.507. The number of nitro groups is 1.